The zero-order valence-electron chi connectivity index (χ0n) is 17.1. The molecule has 0 aliphatic carbocycles. The van der Waals surface area contributed by atoms with Gasteiger partial charge in [0.2, 0.25) is 0 Å². The highest BCUT2D eigenvalue weighted by Crippen LogP contribution is 2.16. The summed E-state index contributed by atoms with van der Waals surface area (Å²) in [5.74, 6) is -0.133. The number of carbonyl (C=O) groups is 1. The first-order chi connectivity index (χ1) is 15.1. The summed E-state index contributed by atoms with van der Waals surface area (Å²) >= 11 is 1.46. The van der Waals surface area contributed by atoms with Crippen LogP contribution in [0, 0.1) is 0 Å². The van der Waals surface area contributed by atoms with Crippen LogP contribution in [0.2, 0.25) is 0 Å². The molecule has 0 saturated carbocycles. The quantitative estimate of drug-likeness (QED) is 0.485. The number of carbonyl (C=O) groups excluding carboxylic acids is 1. The summed E-state index contributed by atoms with van der Waals surface area (Å²) in [5, 5.41) is 6.65. The van der Waals surface area contributed by atoms with Crippen LogP contribution in [0.5, 0.6) is 0 Å². The third-order valence-electron chi connectivity index (χ3n) is 5.12. The van der Waals surface area contributed by atoms with Gasteiger partial charge < -0.3 is 20.8 Å². The summed E-state index contributed by atoms with van der Waals surface area (Å²) in [5.41, 5.74) is 8.89. The number of rotatable bonds is 7. The summed E-state index contributed by atoms with van der Waals surface area (Å²) < 4.78 is 5.34. The number of ether oxygens (including phenoxy) is 1. The highest BCUT2D eigenvalue weighted by atomic mass is 32.1. The Labute approximate surface area is 183 Å². The van der Waals surface area contributed by atoms with Gasteiger partial charge in [-0.25, -0.2) is 4.98 Å². The summed E-state index contributed by atoms with van der Waals surface area (Å²) in [6, 6.07) is 7.13. The first-order valence-corrected chi connectivity index (χ1v) is 11.2. The molecule has 0 spiro atoms. The molecule has 1 fully saturated rings. The van der Waals surface area contributed by atoms with Crippen molar-refractivity contribution in [3.05, 3.63) is 62.2 Å². The van der Waals surface area contributed by atoms with E-state index >= 15 is 0 Å². The van der Waals surface area contributed by atoms with Crippen molar-refractivity contribution in [1.82, 2.24) is 20.2 Å². The van der Waals surface area contributed by atoms with Crippen molar-refractivity contribution in [1.29, 1.82) is 0 Å². The number of morpholine rings is 1. The number of amides is 1. The minimum Gasteiger partial charge on any atom is -0.397 e. The molecule has 0 radical (unpaired) electrons. The molecule has 1 aliphatic heterocycles. The molecule has 0 unspecified atom stereocenters. The molecule has 0 bridgehead atoms. The number of aromatic amines is 1. The number of hydrogen-bond donors (Lipinski definition) is 3. The van der Waals surface area contributed by atoms with Crippen LogP contribution in [-0.2, 0) is 4.74 Å². The molecule has 4 rings (SSSR count). The van der Waals surface area contributed by atoms with Gasteiger partial charge in [-0.3, -0.25) is 14.5 Å². The minimum atomic E-state index is -0.339. The smallest absolute Gasteiger partial charge is 0.276 e. The van der Waals surface area contributed by atoms with E-state index in [9.17, 15) is 9.59 Å². The third kappa shape index (κ3) is 5.38. The highest BCUT2D eigenvalue weighted by Gasteiger charge is 2.11. The van der Waals surface area contributed by atoms with Gasteiger partial charge in [0.25, 0.3) is 11.5 Å². The fourth-order valence-electron chi connectivity index (χ4n) is 3.47. The second-order valence-corrected chi connectivity index (χ2v) is 8.12. The summed E-state index contributed by atoms with van der Waals surface area (Å²) in [6.07, 6.45) is 2.54. The Morgan fingerprint density at radius 3 is 3.00 bits per heavy atom. The lowest BCUT2D eigenvalue weighted by Gasteiger charge is -2.26. The van der Waals surface area contributed by atoms with Gasteiger partial charge >= 0.3 is 0 Å². The van der Waals surface area contributed by atoms with E-state index in [1.54, 1.807) is 24.3 Å². The molecule has 3 aromatic rings. The standard InChI is InChI=1S/C22H25N5O3S/c23-17(20-22(29)26-19-14-31-13-18(19)25-20)12-15-3-1-4-16(11-15)21(28)24-5-2-6-27-7-9-30-10-8-27/h1,3-4,11-14H,2,5-10,23H2,(H,24,28)(H,26,29)/b17-12-. The second-order valence-electron chi connectivity index (χ2n) is 7.37. The van der Waals surface area contributed by atoms with Crippen molar-refractivity contribution in [2.75, 3.05) is 39.4 Å². The molecule has 1 aromatic carbocycles. The Balaban J connectivity index is 1.39. The lowest BCUT2D eigenvalue weighted by molar-refractivity contribution is 0.0374. The van der Waals surface area contributed by atoms with Gasteiger partial charge in [-0.15, -0.1) is 11.3 Å². The maximum atomic E-state index is 12.5. The number of aromatic nitrogens is 2. The average molecular weight is 440 g/mol. The lowest BCUT2D eigenvalue weighted by atomic mass is 10.1. The van der Waals surface area contributed by atoms with E-state index in [1.165, 1.54) is 11.3 Å². The van der Waals surface area contributed by atoms with Crippen LogP contribution in [0.4, 0.5) is 0 Å². The van der Waals surface area contributed by atoms with Crippen molar-refractivity contribution < 1.29 is 9.53 Å². The maximum Gasteiger partial charge on any atom is 0.276 e. The van der Waals surface area contributed by atoms with Crippen LogP contribution in [0.1, 0.15) is 28.0 Å². The molecule has 4 N–H and O–H groups in total. The average Bonchev–Trinajstić information content (AvgIpc) is 3.24. The van der Waals surface area contributed by atoms with Crippen LogP contribution in [0.3, 0.4) is 0 Å². The van der Waals surface area contributed by atoms with Crippen molar-refractivity contribution >= 4 is 40.1 Å². The zero-order valence-corrected chi connectivity index (χ0v) is 17.9. The number of nitrogens with two attached hydrogens (primary N) is 1. The highest BCUT2D eigenvalue weighted by molar-refractivity contribution is 7.09. The van der Waals surface area contributed by atoms with E-state index in [4.69, 9.17) is 10.5 Å². The molecule has 2 aromatic heterocycles. The van der Waals surface area contributed by atoms with Crippen molar-refractivity contribution in [2.24, 2.45) is 5.73 Å². The molecular weight excluding hydrogens is 414 g/mol. The molecule has 1 saturated heterocycles. The monoisotopic (exact) mass is 439 g/mol. The van der Waals surface area contributed by atoms with Gasteiger partial charge in [0.1, 0.15) is 0 Å². The van der Waals surface area contributed by atoms with Gasteiger partial charge in [-0.2, -0.15) is 0 Å². The third-order valence-corrected chi connectivity index (χ3v) is 5.85. The fourth-order valence-corrected chi connectivity index (χ4v) is 4.16. The number of benzene rings is 1. The zero-order chi connectivity index (χ0) is 21.6. The molecule has 0 atom stereocenters. The molecule has 31 heavy (non-hydrogen) atoms. The Kier molecular flexibility index (Phi) is 6.76. The number of thiophene rings is 1. The van der Waals surface area contributed by atoms with E-state index in [-0.39, 0.29) is 22.9 Å². The molecule has 1 amide bonds. The number of fused-ring (bicyclic) bond motifs is 1. The summed E-state index contributed by atoms with van der Waals surface area (Å²) in [6.45, 7) is 5.00. The van der Waals surface area contributed by atoms with E-state index in [0.717, 1.165) is 44.8 Å². The van der Waals surface area contributed by atoms with Gasteiger partial charge in [0, 0.05) is 36.0 Å². The van der Waals surface area contributed by atoms with Crippen LogP contribution in [0.25, 0.3) is 22.8 Å². The Morgan fingerprint density at radius 2 is 2.16 bits per heavy atom. The molecule has 9 heteroatoms. The van der Waals surface area contributed by atoms with Gasteiger partial charge in [-0.05, 0) is 36.7 Å². The fraction of sp³-hybridized carbons (Fsp3) is 0.318. The Morgan fingerprint density at radius 1 is 1.32 bits per heavy atom. The second kappa shape index (κ2) is 9.86. The SMILES string of the molecule is N/C(=C\c1cccc(C(=O)NCCCN2CCOCC2)c1)c1nc2cscc2[nH]c1=O. The lowest BCUT2D eigenvalue weighted by Crippen LogP contribution is -2.38. The van der Waals surface area contributed by atoms with Gasteiger partial charge in [0.05, 0.1) is 29.9 Å². The first-order valence-electron chi connectivity index (χ1n) is 10.2. The van der Waals surface area contributed by atoms with E-state index < -0.39 is 0 Å². The normalized spacial score (nSPS) is 15.3. The van der Waals surface area contributed by atoms with Crippen LogP contribution < -0.4 is 16.6 Å². The Bertz CT molecular complexity index is 1150. The molecule has 8 nitrogen and oxygen atoms in total. The van der Waals surface area contributed by atoms with Crippen LogP contribution in [0.15, 0.2) is 39.8 Å². The predicted octanol–water partition coefficient (Wildman–Crippen LogP) is 1.89. The largest absolute Gasteiger partial charge is 0.397 e. The predicted molar refractivity (Wildman–Crippen MR) is 123 cm³/mol. The number of hydrogen-bond acceptors (Lipinski definition) is 7. The topological polar surface area (TPSA) is 113 Å². The summed E-state index contributed by atoms with van der Waals surface area (Å²) in [4.78, 5) is 34.3. The molecule has 162 valence electrons. The number of nitrogens with zero attached hydrogens (tertiary/aromatic N) is 2. The van der Waals surface area contributed by atoms with Gasteiger partial charge in [-0.1, -0.05) is 12.1 Å². The maximum absolute atomic E-state index is 12.5. The van der Waals surface area contributed by atoms with E-state index in [1.807, 2.05) is 16.8 Å². The number of H-pyrrole nitrogens is 1. The van der Waals surface area contributed by atoms with E-state index in [0.29, 0.717) is 23.1 Å². The molecule has 3 heterocycles. The number of nitrogens with one attached hydrogen (secondary N) is 2. The van der Waals surface area contributed by atoms with Crippen molar-refractivity contribution in [3.8, 4) is 0 Å². The van der Waals surface area contributed by atoms with Gasteiger partial charge in [0.15, 0.2) is 5.69 Å². The summed E-state index contributed by atoms with van der Waals surface area (Å²) in [7, 11) is 0. The molecular formula is C22H25N5O3S. The van der Waals surface area contributed by atoms with Crippen LogP contribution >= 0.6 is 11.3 Å². The van der Waals surface area contributed by atoms with E-state index in [2.05, 4.69) is 20.2 Å². The van der Waals surface area contributed by atoms with Crippen LogP contribution in [-0.4, -0.2) is 60.2 Å². The molecule has 1 aliphatic rings. The first kappa shape index (κ1) is 21.2. The minimum absolute atomic E-state index is 0.133. The Hall–Kier alpha value is -3.01. The van der Waals surface area contributed by atoms with Crippen molar-refractivity contribution in [2.45, 2.75) is 6.42 Å². The van der Waals surface area contributed by atoms with Crippen molar-refractivity contribution in [3.63, 3.8) is 0 Å².